The molecule has 14 heavy (non-hydrogen) atoms. The SMILES string of the molecule is CC1=CN2CC(O)(C(Cl)Cl)NC2C=C1. The zero-order valence-electron chi connectivity index (χ0n) is 7.74. The summed E-state index contributed by atoms with van der Waals surface area (Å²) in [4.78, 5) is 1.14. The maximum absolute atomic E-state index is 10.0. The van der Waals surface area contributed by atoms with Crippen molar-refractivity contribution in [2.24, 2.45) is 0 Å². The highest BCUT2D eigenvalue weighted by atomic mass is 35.5. The lowest BCUT2D eigenvalue weighted by Crippen LogP contribution is -2.49. The number of nitrogens with one attached hydrogen (secondary N) is 1. The maximum atomic E-state index is 10.0. The van der Waals surface area contributed by atoms with Crippen molar-refractivity contribution in [3.63, 3.8) is 0 Å². The van der Waals surface area contributed by atoms with E-state index in [1.165, 1.54) is 0 Å². The molecule has 0 spiro atoms. The van der Waals surface area contributed by atoms with E-state index in [1.54, 1.807) is 0 Å². The van der Waals surface area contributed by atoms with E-state index in [0.29, 0.717) is 6.54 Å². The molecule has 0 aromatic carbocycles. The lowest BCUT2D eigenvalue weighted by Gasteiger charge is -2.23. The Morgan fingerprint density at radius 1 is 1.71 bits per heavy atom. The Bertz CT molecular complexity index is 303. The number of hydrogen-bond acceptors (Lipinski definition) is 3. The minimum absolute atomic E-state index is 0.0105. The van der Waals surface area contributed by atoms with Crippen LogP contribution in [0.2, 0.25) is 0 Å². The molecule has 1 fully saturated rings. The molecule has 2 aliphatic rings. The summed E-state index contributed by atoms with van der Waals surface area (Å²) in [6.45, 7) is 2.40. The minimum atomic E-state index is -1.22. The molecule has 2 atom stereocenters. The van der Waals surface area contributed by atoms with Crippen LogP contribution in [0.5, 0.6) is 0 Å². The fourth-order valence-corrected chi connectivity index (χ4v) is 1.99. The first-order chi connectivity index (χ1) is 6.51. The van der Waals surface area contributed by atoms with Crippen molar-refractivity contribution in [2.45, 2.75) is 23.7 Å². The van der Waals surface area contributed by atoms with Gasteiger partial charge in [-0.1, -0.05) is 6.08 Å². The molecule has 2 N–H and O–H groups in total. The summed E-state index contributed by atoms with van der Waals surface area (Å²) in [5.74, 6) is 0. The zero-order chi connectivity index (χ0) is 10.3. The van der Waals surface area contributed by atoms with E-state index in [-0.39, 0.29) is 6.17 Å². The van der Waals surface area contributed by atoms with E-state index < -0.39 is 10.6 Å². The van der Waals surface area contributed by atoms with Crippen LogP contribution >= 0.6 is 23.2 Å². The molecule has 1 saturated heterocycles. The van der Waals surface area contributed by atoms with Crippen molar-refractivity contribution in [3.05, 3.63) is 23.9 Å². The van der Waals surface area contributed by atoms with Crippen molar-refractivity contribution in [3.8, 4) is 0 Å². The summed E-state index contributed by atoms with van der Waals surface area (Å²) in [5, 5.41) is 13.0. The van der Waals surface area contributed by atoms with Crippen LogP contribution in [-0.4, -0.2) is 33.3 Å². The van der Waals surface area contributed by atoms with Crippen LogP contribution in [0.4, 0.5) is 0 Å². The van der Waals surface area contributed by atoms with Crippen LogP contribution in [0.15, 0.2) is 23.9 Å². The summed E-state index contributed by atoms with van der Waals surface area (Å²) < 4.78 is 0. The van der Waals surface area contributed by atoms with Crippen molar-refractivity contribution < 1.29 is 5.11 Å². The first-order valence-corrected chi connectivity index (χ1v) is 5.29. The second-order valence-electron chi connectivity index (χ2n) is 3.72. The highest BCUT2D eigenvalue weighted by Crippen LogP contribution is 2.28. The summed E-state index contributed by atoms with van der Waals surface area (Å²) in [7, 11) is 0. The Hall–Kier alpha value is -0.220. The quantitative estimate of drug-likeness (QED) is 0.670. The first-order valence-electron chi connectivity index (χ1n) is 4.42. The van der Waals surface area contributed by atoms with Crippen molar-refractivity contribution in [1.29, 1.82) is 0 Å². The Kier molecular flexibility index (Phi) is 2.52. The fraction of sp³-hybridized carbons (Fsp3) is 0.556. The number of fused-ring (bicyclic) bond motifs is 1. The number of rotatable bonds is 1. The van der Waals surface area contributed by atoms with Crippen LogP contribution in [-0.2, 0) is 0 Å². The minimum Gasteiger partial charge on any atom is -0.371 e. The number of aliphatic hydroxyl groups is 1. The van der Waals surface area contributed by atoms with Gasteiger partial charge in [-0.15, -0.1) is 23.2 Å². The van der Waals surface area contributed by atoms with E-state index in [0.717, 1.165) is 5.57 Å². The predicted molar refractivity (Wildman–Crippen MR) is 57.0 cm³/mol. The summed E-state index contributed by atoms with van der Waals surface area (Å²) >= 11 is 11.4. The van der Waals surface area contributed by atoms with Crippen LogP contribution in [0.25, 0.3) is 0 Å². The van der Waals surface area contributed by atoms with Gasteiger partial charge in [-0.05, 0) is 18.6 Å². The van der Waals surface area contributed by atoms with Gasteiger partial charge < -0.3 is 10.0 Å². The molecule has 0 radical (unpaired) electrons. The highest BCUT2D eigenvalue weighted by molar-refractivity contribution is 6.45. The second kappa shape index (κ2) is 3.42. The van der Waals surface area contributed by atoms with E-state index >= 15 is 0 Å². The van der Waals surface area contributed by atoms with Crippen molar-refractivity contribution in [2.75, 3.05) is 6.54 Å². The highest BCUT2D eigenvalue weighted by Gasteiger charge is 2.45. The molecule has 78 valence electrons. The van der Waals surface area contributed by atoms with Gasteiger partial charge in [0.25, 0.3) is 0 Å². The van der Waals surface area contributed by atoms with Crippen molar-refractivity contribution in [1.82, 2.24) is 10.2 Å². The van der Waals surface area contributed by atoms with Crippen molar-refractivity contribution >= 4 is 23.2 Å². The standard InChI is InChI=1S/C9H12Cl2N2O/c1-6-2-3-7-12-9(14,8(10)11)5-13(7)4-6/h2-4,7-8,12,14H,5H2,1H3. The summed E-state index contributed by atoms with van der Waals surface area (Å²) in [5.41, 5.74) is -0.0767. The largest absolute Gasteiger partial charge is 0.371 e. The third-order valence-corrected chi connectivity index (χ3v) is 3.17. The average molecular weight is 235 g/mol. The average Bonchev–Trinajstić information content (AvgIpc) is 2.42. The van der Waals surface area contributed by atoms with Gasteiger partial charge in [0.2, 0.25) is 0 Å². The molecule has 0 bridgehead atoms. The maximum Gasteiger partial charge on any atom is 0.165 e. The Balaban J connectivity index is 2.18. The predicted octanol–water partition coefficient (Wildman–Crippen LogP) is 1.18. The molecule has 3 nitrogen and oxygen atoms in total. The first kappa shape index (κ1) is 10.3. The van der Waals surface area contributed by atoms with Gasteiger partial charge in [-0.2, -0.15) is 0 Å². The fourth-order valence-electron chi connectivity index (χ4n) is 1.73. The van der Waals surface area contributed by atoms with Crippen LogP contribution < -0.4 is 5.32 Å². The van der Waals surface area contributed by atoms with Gasteiger partial charge in [-0.25, -0.2) is 0 Å². The van der Waals surface area contributed by atoms with Gasteiger partial charge in [0.1, 0.15) is 6.17 Å². The summed E-state index contributed by atoms with van der Waals surface area (Å²) in [6, 6.07) is 0. The van der Waals surface area contributed by atoms with E-state index in [2.05, 4.69) is 5.32 Å². The van der Waals surface area contributed by atoms with Crippen LogP contribution in [0.3, 0.4) is 0 Å². The Morgan fingerprint density at radius 2 is 2.43 bits per heavy atom. The molecule has 0 aliphatic carbocycles. The molecule has 2 heterocycles. The molecule has 0 aromatic heterocycles. The number of nitrogens with zero attached hydrogens (tertiary/aromatic N) is 1. The molecule has 2 unspecified atom stereocenters. The summed E-state index contributed by atoms with van der Waals surface area (Å²) in [6.07, 6.45) is 5.94. The number of allylic oxidation sites excluding steroid dienone is 2. The molecule has 2 aliphatic heterocycles. The Morgan fingerprint density at radius 3 is 3.07 bits per heavy atom. The monoisotopic (exact) mass is 234 g/mol. The van der Waals surface area contributed by atoms with E-state index in [1.807, 2.05) is 30.2 Å². The molecular weight excluding hydrogens is 223 g/mol. The van der Waals surface area contributed by atoms with Crippen LogP contribution in [0, 0.1) is 0 Å². The van der Waals surface area contributed by atoms with Gasteiger partial charge in [0.15, 0.2) is 10.6 Å². The normalized spacial score (nSPS) is 36.2. The third kappa shape index (κ3) is 1.65. The van der Waals surface area contributed by atoms with E-state index in [9.17, 15) is 5.11 Å². The molecule has 2 rings (SSSR count). The van der Waals surface area contributed by atoms with Gasteiger partial charge >= 0.3 is 0 Å². The topological polar surface area (TPSA) is 35.5 Å². The van der Waals surface area contributed by atoms with Gasteiger partial charge in [0, 0.05) is 6.20 Å². The van der Waals surface area contributed by atoms with Crippen LogP contribution in [0.1, 0.15) is 6.92 Å². The Labute approximate surface area is 93.0 Å². The number of hydrogen-bond donors (Lipinski definition) is 2. The number of halogens is 2. The molecule has 5 heteroatoms. The van der Waals surface area contributed by atoms with Gasteiger partial charge in [-0.3, -0.25) is 5.32 Å². The molecule has 0 amide bonds. The molecule has 0 saturated carbocycles. The molecule has 0 aromatic rings. The lowest BCUT2D eigenvalue weighted by atomic mass is 10.2. The van der Waals surface area contributed by atoms with Gasteiger partial charge in [0.05, 0.1) is 6.54 Å². The zero-order valence-corrected chi connectivity index (χ0v) is 9.26. The molecular formula is C9H12Cl2N2O. The second-order valence-corrected chi connectivity index (χ2v) is 4.81. The third-order valence-electron chi connectivity index (χ3n) is 2.45. The van der Waals surface area contributed by atoms with E-state index in [4.69, 9.17) is 23.2 Å². The smallest absolute Gasteiger partial charge is 0.165 e. The number of alkyl halides is 2. The lowest BCUT2D eigenvalue weighted by molar-refractivity contribution is 0.0447.